The standard InChI is InChI=1S/C12H8F3N3O2S/c1-4-2-5(12(13,14)15)7-8-9(21-11(7)17-4)10(20)16-3-6(19)18-8/h2H,3H2,1H3,(H,16,20)(H,18,19). The summed E-state index contributed by atoms with van der Waals surface area (Å²) in [5.41, 5.74) is -0.828. The third-order valence-electron chi connectivity index (χ3n) is 2.98. The van der Waals surface area contributed by atoms with Crippen molar-refractivity contribution in [2.75, 3.05) is 11.9 Å². The number of nitrogens with zero attached hydrogens (tertiary/aromatic N) is 1. The summed E-state index contributed by atoms with van der Waals surface area (Å²) >= 11 is 0.830. The average Bonchev–Trinajstić information content (AvgIpc) is 2.65. The lowest BCUT2D eigenvalue weighted by atomic mass is 10.1. The number of aryl methyl sites for hydroxylation is 1. The number of fused-ring (bicyclic) bond motifs is 3. The highest BCUT2D eigenvalue weighted by Crippen LogP contribution is 2.43. The van der Waals surface area contributed by atoms with Crippen LogP contribution in [0.5, 0.6) is 0 Å². The van der Waals surface area contributed by atoms with E-state index in [-0.39, 0.29) is 33.0 Å². The Morgan fingerprint density at radius 2 is 2.05 bits per heavy atom. The smallest absolute Gasteiger partial charge is 0.342 e. The van der Waals surface area contributed by atoms with Gasteiger partial charge in [-0.05, 0) is 13.0 Å². The van der Waals surface area contributed by atoms with Crippen molar-refractivity contribution in [1.82, 2.24) is 10.3 Å². The number of carbonyl (C=O) groups excluding carboxylic acids is 2. The first-order chi connectivity index (χ1) is 9.77. The molecule has 0 saturated heterocycles. The number of amides is 2. The van der Waals surface area contributed by atoms with Gasteiger partial charge < -0.3 is 10.6 Å². The molecular formula is C12H8F3N3O2S. The van der Waals surface area contributed by atoms with Crippen molar-refractivity contribution in [3.05, 3.63) is 22.2 Å². The van der Waals surface area contributed by atoms with Gasteiger partial charge in [-0.1, -0.05) is 0 Å². The van der Waals surface area contributed by atoms with Crippen LogP contribution in [0.2, 0.25) is 0 Å². The van der Waals surface area contributed by atoms with E-state index in [0.29, 0.717) is 0 Å². The maximum atomic E-state index is 13.2. The molecule has 5 nitrogen and oxygen atoms in total. The zero-order chi connectivity index (χ0) is 15.4. The summed E-state index contributed by atoms with van der Waals surface area (Å²) in [6.45, 7) is 1.17. The Hall–Kier alpha value is -2.16. The van der Waals surface area contributed by atoms with Crippen LogP contribution in [-0.4, -0.2) is 23.3 Å². The molecular weight excluding hydrogens is 307 g/mol. The van der Waals surface area contributed by atoms with Gasteiger partial charge in [0.1, 0.15) is 9.71 Å². The van der Waals surface area contributed by atoms with Crippen molar-refractivity contribution in [3.63, 3.8) is 0 Å². The largest absolute Gasteiger partial charge is 0.417 e. The first-order valence-corrected chi connectivity index (χ1v) is 6.68. The predicted octanol–water partition coefficient (Wildman–Crippen LogP) is 2.31. The first-order valence-electron chi connectivity index (χ1n) is 5.87. The molecule has 2 aromatic rings. The van der Waals surface area contributed by atoms with E-state index in [2.05, 4.69) is 15.6 Å². The number of alkyl halides is 3. The minimum atomic E-state index is -4.60. The van der Waals surface area contributed by atoms with E-state index in [9.17, 15) is 22.8 Å². The minimum Gasteiger partial charge on any atom is -0.342 e. The SMILES string of the molecule is Cc1cc(C(F)(F)F)c2c3c(sc2n1)C(=O)NCC(=O)N3. The molecule has 0 unspecified atom stereocenters. The summed E-state index contributed by atoms with van der Waals surface area (Å²) in [4.78, 5) is 27.5. The van der Waals surface area contributed by atoms with Crippen LogP contribution in [0.15, 0.2) is 6.07 Å². The number of hydrogen-bond donors (Lipinski definition) is 2. The fourth-order valence-corrected chi connectivity index (χ4v) is 3.27. The summed E-state index contributed by atoms with van der Waals surface area (Å²) in [5, 5.41) is 4.45. The molecule has 1 aliphatic heterocycles. The van der Waals surface area contributed by atoms with Gasteiger partial charge in [0.05, 0.1) is 17.8 Å². The Bertz CT molecular complexity index is 782. The average molecular weight is 315 g/mol. The van der Waals surface area contributed by atoms with Crippen LogP contribution in [-0.2, 0) is 11.0 Å². The van der Waals surface area contributed by atoms with E-state index in [1.807, 2.05) is 0 Å². The summed E-state index contributed by atoms with van der Waals surface area (Å²) in [6.07, 6.45) is -4.60. The monoisotopic (exact) mass is 315 g/mol. The Balaban J connectivity index is 2.40. The number of pyridine rings is 1. The van der Waals surface area contributed by atoms with Crippen molar-refractivity contribution in [1.29, 1.82) is 0 Å². The van der Waals surface area contributed by atoms with Crippen molar-refractivity contribution >= 4 is 39.1 Å². The predicted molar refractivity (Wildman–Crippen MR) is 70.3 cm³/mol. The molecule has 0 aliphatic carbocycles. The molecule has 110 valence electrons. The van der Waals surface area contributed by atoms with Crippen LogP contribution in [0.3, 0.4) is 0 Å². The van der Waals surface area contributed by atoms with E-state index >= 15 is 0 Å². The molecule has 0 spiro atoms. The third kappa shape index (κ3) is 2.23. The zero-order valence-electron chi connectivity index (χ0n) is 10.6. The second-order valence-corrected chi connectivity index (χ2v) is 5.53. The van der Waals surface area contributed by atoms with E-state index in [0.717, 1.165) is 17.4 Å². The Morgan fingerprint density at radius 1 is 1.33 bits per heavy atom. The fraction of sp³-hybridized carbons (Fsp3) is 0.250. The topological polar surface area (TPSA) is 71.1 Å². The Morgan fingerprint density at radius 3 is 2.71 bits per heavy atom. The van der Waals surface area contributed by atoms with E-state index in [4.69, 9.17) is 0 Å². The molecule has 2 aromatic heterocycles. The van der Waals surface area contributed by atoms with E-state index in [1.165, 1.54) is 6.92 Å². The molecule has 3 rings (SSSR count). The third-order valence-corrected chi connectivity index (χ3v) is 4.06. The highest BCUT2D eigenvalue weighted by molar-refractivity contribution is 7.21. The second-order valence-electron chi connectivity index (χ2n) is 4.53. The lowest BCUT2D eigenvalue weighted by Crippen LogP contribution is -2.28. The molecule has 0 aromatic carbocycles. The summed E-state index contributed by atoms with van der Waals surface area (Å²) in [7, 11) is 0. The van der Waals surface area contributed by atoms with Crippen LogP contribution in [0, 0.1) is 6.92 Å². The van der Waals surface area contributed by atoms with Gasteiger partial charge in [0.2, 0.25) is 5.91 Å². The second kappa shape index (κ2) is 4.42. The number of halogens is 3. The van der Waals surface area contributed by atoms with Crippen LogP contribution in [0.1, 0.15) is 20.9 Å². The van der Waals surface area contributed by atoms with Crippen molar-refractivity contribution < 1.29 is 22.8 Å². The minimum absolute atomic E-state index is 0.0273. The number of rotatable bonds is 0. The van der Waals surface area contributed by atoms with Crippen molar-refractivity contribution in [2.24, 2.45) is 0 Å². The molecule has 2 amide bonds. The molecule has 0 saturated carbocycles. The number of carbonyl (C=O) groups is 2. The van der Waals surface area contributed by atoms with Gasteiger partial charge in [-0.25, -0.2) is 4.98 Å². The molecule has 0 fully saturated rings. The van der Waals surface area contributed by atoms with Gasteiger partial charge >= 0.3 is 6.18 Å². The van der Waals surface area contributed by atoms with Crippen LogP contribution in [0.25, 0.3) is 10.2 Å². The lowest BCUT2D eigenvalue weighted by molar-refractivity contribution is -0.136. The molecule has 0 atom stereocenters. The number of nitrogens with one attached hydrogen (secondary N) is 2. The van der Waals surface area contributed by atoms with E-state index in [1.54, 1.807) is 0 Å². The molecule has 2 N–H and O–H groups in total. The number of hydrogen-bond acceptors (Lipinski definition) is 4. The Labute approximate surface area is 120 Å². The van der Waals surface area contributed by atoms with Crippen LogP contribution < -0.4 is 10.6 Å². The highest BCUT2D eigenvalue weighted by atomic mass is 32.1. The van der Waals surface area contributed by atoms with Crippen LogP contribution in [0.4, 0.5) is 18.9 Å². The summed E-state index contributed by atoms with van der Waals surface area (Å²) in [6, 6.07) is 0.907. The van der Waals surface area contributed by atoms with E-state index < -0.39 is 23.6 Å². The molecule has 0 bridgehead atoms. The summed E-state index contributed by atoms with van der Waals surface area (Å²) in [5.74, 6) is -1.16. The maximum absolute atomic E-state index is 13.2. The van der Waals surface area contributed by atoms with Gasteiger partial charge in [0.25, 0.3) is 5.91 Å². The number of anilines is 1. The summed E-state index contributed by atoms with van der Waals surface area (Å²) < 4.78 is 39.6. The van der Waals surface area contributed by atoms with Crippen molar-refractivity contribution in [3.8, 4) is 0 Å². The maximum Gasteiger partial charge on any atom is 0.417 e. The van der Waals surface area contributed by atoms with Gasteiger partial charge in [0.15, 0.2) is 0 Å². The van der Waals surface area contributed by atoms with Gasteiger partial charge in [-0.3, -0.25) is 9.59 Å². The molecule has 0 radical (unpaired) electrons. The normalized spacial score (nSPS) is 15.4. The van der Waals surface area contributed by atoms with Gasteiger partial charge in [-0.15, -0.1) is 11.3 Å². The first kappa shape index (κ1) is 13.8. The highest BCUT2D eigenvalue weighted by Gasteiger charge is 2.37. The molecule has 3 heterocycles. The molecule has 9 heteroatoms. The molecule has 1 aliphatic rings. The van der Waals surface area contributed by atoms with Gasteiger partial charge in [0, 0.05) is 11.1 Å². The van der Waals surface area contributed by atoms with Crippen molar-refractivity contribution in [2.45, 2.75) is 13.1 Å². The zero-order valence-corrected chi connectivity index (χ0v) is 11.4. The molecule has 21 heavy (non-hydrogen) atoms. The quantitative estimate of drug-likeness (QED) is 0.783. The Kier molecular flexibility index (Phi) is 2.90. The lowest BCUT2D eigenvalue weighted by Gasteiger charge is -2.11. The number of thiophene rings is 1. The van der Waals surface area contributed by atoms with Crippen LogP contribution >= 0.6 is 11.3 Å². The fourth-order valence-electron chi connectivity index (χ4n) is 2.15. The number of aromatic nitrogens is 1. The van der Waals surface area contributed by atoms with Gasteiger partial charge in [-0.2, -0.15) is 13.2 Å².